The quantitative estimate of drug-likeness (QED) is 0.181. The van der Waals surface area contributed by atoms with Crippen LogP contribution in [0.5, 0.6) is 0 Å². The number of aromatic amines is 1. The van der Waals surface area contributed by atoms with Crippen molar-refractivity contribution in [2.45, 2.75) is 92.0 Å². The lowest BCUT2D eigenvalue weighted by Gasteiger charge is -2.38. The van der Waals surface area contributed by atoms with E-state index in [4.69, 9.17) is 28.1 Å². The lowest BCUT2D eigenvalue weighted by atomic mass is 10.1. The highest BCUT2D eigenvalue weighted by Gasteiger charge is 2.31. The summed E-state index contributed by atoms with van der Waals surface area (Å²) in [5.41, 5.74) is -1.01. The number of nitrogens with one attached hydrogen (secondary N) is 1. The number of hydrogen-bond donors (Lipinski definition) is 1. The molecule has 0 saturated carbocycles. The van der Waals surface area contributed by atoms with Crippen molar-refractivity contribution in [1.29, 1.82) is 5.26 Å². The molecule has 0 aliphatic heterocycles. The monoisotopic (exact) mass is 594 g/mol. The van der Waals surface area contributed by atoms with E-state index in [9.17, 15) is 9.59 Å². The first-order chi connectivity index (χ1) is 18.6. The maximum absolute atomic E-state index is 10.7. The molecule has 226 valence electrons. The average Bonchev–Trinajstić information content (AvgIpc) is 2.87. The molecule has 1 aromatic rings. The van der Waals surface area contributed by atoms with Gasteiger partial charge in [-0.25, -0.2) is 9.46 Å². The van der Waals surface area contributed by atoms with Crippen LogP contribution in [0.25, 0.3) is 0 Å². The third-order valence-electron chi connectivity index (χ3n) is 5.11. The van der Waals surface area contributed by atoms with Crippen molar-refractivity contribution in [1.82, 2.24) is 14.4 Å². The van der Waals surface area contributed by atoms with Crippen LogP contribution in [0.1, 0.15) is 67.7 Å². The molecule has 0 aliphatic rings. The summed E-state index contributed by atoms with van der Waals surface area (Å²) in [6.07, 6.45) is 4.14. The number of rotatable bonds is 19. The Morgan fingerprint density at radius 1 is 1.05 bits per heavy atom. The highest BCUT2D eigenvalue weighted by molar-refractivity contribution is 7.47. The highest BCUT2D eigenvalue weighted by Crippen LogP contribution is 2.48. The smallest absolute Gasteiger partial charge is 0.361 e. The summed E-state index contributed by atoms with van der Waals surface area (Å²) in [6, 6.07) is 3.88. The normalized spacial score (nSPS) is 13.7. The largest absolute Gasteiger partial charge is 0.413 e. The molecule has 14 heteroatoms. The minimum atomic E-state index is -1.27. The predicted octanol–water partition coefficient (Wildman–Crippen LogP) is 4.44. The zero-order valence-electron chi connectivity index (χ0n) is 24.9. The van der Waals surface area contributed by atoms with Gasteiger partial charge in [0.15, 0.2) is 8.38 Å². The van der Waals surface area contributed by atoms with E-state index in [0.717, 1.165) is 23.7 Å². The van der Waals surface area contributed by atoms with Crippen LogP contribution in [0, 0.1) is 11.3 Å². The van der Waals surface area contributed by atoms with Gasteiger partial charge in [0, 0.05) is 31.4 Å². The lowest BCUT2D eigenvalue weighted by Crippen LogP contribution is -2.36. The fourth-order valence-electron chi connectivity index (χ4n) is 3.47. The van der Waals surface area contributed by atoms with Gasteiger partial charge in [-0.1, -0.05) is 0 Å². The standard InChI is InChI=1S/C20H42N2O5P2.C5H6N2O3/c1-9-24-28(25-10-2)16-11-13-20(23-8)19(7)27-29(26-15-12-14-21)22(17(3)4)18(5)6;1-10-7-3-2-4(8)6-5(7)9/h17-20H,9-13,15-16H2,1-8H3;2-3H,1H3,(H,6,8,9). The Labute approximate surface area is 235 Å². The molecule has 39 heavy (non-hydrogen) atoms. The van der Waals surface area contributed by atoms with Gasteiger partial charge in [0.1, 0.15) is 7.11 Å². The Kier molecular flexibility index (Phi) is 21.5. The first-order valence-electron chi connectivity index (χ1n) is 13.2. The molecule has 3 atom stereocenters. The van der Waals surface area contributed by atoms with E-state index in [-0.39, 0.29) is 24.3 Å². The van der Waals surface area contributed by atoms with Crippen molar-refractivity contribution in [3.63, 3.8) is 0 Å². The van der Waals surface area contributed by atoms with Gasteiger partial charge in [0.25, 0.3) is 14.1 Å². The zero-order chi connectivity index (χ0) is 29.8. The number of nitrogens with zero attached hydrogens (tertiary/aromatic N) is 3. The molecule has 1 rings (SSSR count). The van der Waals surface area contributed by atoms with Crippen LogP contribution in [-0.4, -0.2) is 78.9 Å². The number of H-pyrrole nitrogens is 1. The summed E-state index contributed by atoms with van der Waals surface area (Å²) in [6.45, 7) is 16.3. The molecule has 1 N–H and O–H groups in total. The molecule has 0 saturated heterocycles. The molecule has 0 radical (unpaired) electrons. The fraction of sp³-hybridized carbons (Fsp3) is 0.800. The first kappa shape index (κ1) is 37.6. The summed E-state index contributed by atoms with van der Waals surface area (Å²) < 4.78 is 32.6. The van der Waals surface area contributed by atoms with E-state index in [1.807, 2.05) is 25.8 Å². The maximum Gasteiger partial charge on any atom is 0.361 e. The van der Waals surface area contributed by atoms with Gasteiger partial charge in [0.2, 0.25) is 0 Å². The summed E-state index contributed by atoms with van der Waals surface area (Å²) in [5.74, 6) is 0. The van der Waals surface area contributed by atoms with E-state index in [0.29, 0.717) is 26.2 Å². The second kappa shape index (κ2) is 22.3. The van der Waals surface area contributed by atoms with Crippen molar-refractivity contribution in [2.75, 3.05) is 40.2 Å². The second-order valence-corrected chi connectivity index (χ2v) is 11.8. The summed E-state index contributed by atoms with van der Waals surface area (Å²) in [4.78, 5) is 27.6. The molecule has 0 aromatic carbocycles. The minimum Gasteiger partial charge on any atom is -0.413 e. The van der Waals surface area contributed by atoms with Crippen molar-refractivity contribution in [2.24, 2.45) is 0 Å². The van der Waals surface area contributed by atoms with Crippen LogP contribution in [0.2, 0.25) is 0 Å². The Morgan fingerprint density at radius 2 is 1.67 bits per heavy atom. The molecule has 1 heterocycles. The van der Waals surface area contributed by atoms with Crippen LogP contribution in [0.4, 0.5) is 0 Å². The van der Waals surface area contributed by atoms with E-state index in [2.05, 4.69) is 43.3 Å². The topological polar surface area (TPSA) is 137 Å². The number of nitriles is 1. The number of methoxy groups -OCH3 is 1. The molecule has 12 nitrogen and oxygen atoms in total. The molecule has 0 bridgehead atoms. The summed E-state index contributed by atoms with van der Waals surface area (Å²) in [7, 11) is 0.955. The van der Waals surface area contributed by atoms with Gasteiger partial charge >= 0.3 is 5.69 Å². The van der Waals surface area contributed by atoms with Crippen molar-refractivity contribution in [3.05, 3.63) is 33.1 Å². The Hall–Kier alpha value is -1.41. The summed E-state index contributed by atoms with van der Waals surface area (Å²) >= 11 is 0. The lowest BCUT2D eigenvalue weighted by molar-refractivity contribution is -0.00262. The summed E-state index contributed by atoms with van der Waals surface area (Å²) in [5, 5.41) is 8.85. The Morgan fingerprint density at radius 3 is 2.13 bits per heavy atom. The molecule has 0 spiro atoms. The van der Waals surface area contributed by atoms with E-state index in [1.165, 1.54) is 19.4 Å². The van der Waals surface area contributed by atoms with Crippen LogP contribution in [0.3, 0.4) is 0 Å². The van der Waals surface area contributed by atoms with Gasteiger partial charge in [-0.3, -0.25) is 9.78 Å². The van der Waals surface area contributed by atoms with Crippen molar-refractivity contribution < 1.29 is 27.7 Å². The zero-order valence-corrected chi connectivity index (χ0v) is 26.7. The van der Waals surface area contributed by atoms with Crippen molar-refractivity contribution in [3.8, 4) is 6.07 Å². The van der Waals surface area contributed by atoms with Gasteiger partial charge < -0.3 is 27.7 Å². The predicted molar refractivity (Wildman–Crippen MR) is 155 cm³/mol. The highest BCUT2D eigenvalue weighted by atomic mass is 31.2. The molecular formula is C25H48N4O8P2. The first-order valence-corrected chi connectivity index (χ1v) is 15.7. The van der Waals surface area contributed by atoms with Gasteiger partial charge in [-0.15, -0.1) is 4.73 Å². The average molecular weight is 595 g/mol. The van der Waals surface area contributed by atoms with Gasteiger partial charge in [0.05, 0.1) is 50.7 Å². The molecule has 0 fully saturated rings. The molecule has 0 amide bonds. The van der Waals surface area contributed by atoms with Gasteiger partial charge in [-0.05, 0) is 61.3 Å². The van der Waals surface area contributed by atoms with Crippen molar-refractivity contribution >= 4 is 16.9 Å². The van der Waals surface area contributed by atoms with Crippen LogP contribution in [0.15, 0.2) is 21.9 Å². The third kappa shape index (κ3) is 15.8. The van der Waals surface area contributed by atoms with Crippen LogP contribution >= 0.6 is 16.9 Å². The fourth-order valence-corrected chi connectivity index (χ4v) is 6.55. The minimum absolute atomic E-state index is 0.0409. The van der Waals surface area contributed by atoms with E-state index >= 15 is 0 Å². The van der Waals surface area contributed by atoms with E-state index in [1.54, 1.807) is 7.11 Å². The Balaban J connectivity index is 0.00000120. The van der Waals surface area contributed by atoms with Gasteiger partial charge in [-0.2, -0.15) is 5.26 Å². The SMILES string of the molecule is CCOP(CCCC(OC)C(C)OP(OCCC#N)N(C(C)C)C(C)C)OCC.COn1ccc(=O)[nH]c1=O. The number of hydrogen-bond acceptors (Lipinski definition) is 10. The Bertz CT molecular complexity index is 895. The molecule has 0 aliphatic carbocycles. The second-order valence-electron chi connectivity index (χ2n) is 8.78. The molecule has 1 aromatic heterocycles. The third-order valence-corrected chi connectivity index (χ3v) is 9.10. The number of ether oxygens (including phenoxy) is 1. The maximum atomic E-state index is 10.7. The van der Waals surface area contributed by atoms with E-state index < -0.39 is 28.2 Å². The number of aromatic nitrogens is 2. The van der Waals surface area contributed by atoms with Crippen LogP contribution < -0.4 is 16.1 Å². The molecular weight excluding hydrogens is 546 g/mol. The molecule has 3 unspecified atom stereocenters. The van der Waals surface area contributed by atoms with Crippen LogP contribution in [-0.2, 0) is 22.8 Å².